The van der Waals surface area contributed by atoms with Crippen molar-refractivity contribution in [2.45, 2.75) is 6.92 Å². The Labute approximate surface area is 128 Å². The van der Waals surface area contributed by atoms with Crippen LogP contribution in [0.5, 0.6) is 0 Å². The average molecular weight is 314 g/mol. The van der Waals surface area contributed by atoms with Gasteiger partial charge >= 0.3 is 0 Å². The average Bonchev–Trinajstić information content (AvgIpc) is 2.95. The Bertz CT molecular complexity index is 958. The highest BCUT2D eigenvalue weighted by Crippen LogP contribution is 2.16. The molecule has 0 N–H and O–H groups in total. The monoisotopic (exact) mass is 314 g/mol. The summed E-state index contributed by atoms with van der Waals surface area (Å²) in [7, 11) is 0. The van der Waals surface area contributed by atoms with Crippen molar-refractivity contribution in [3.05, 3.63) is 67.6 Å². The summed E-state index contributed by atoms with van der Waals surface area (Å²) < 4.78 is 1.14. The fourth-order valence-corrected chi connectivity index (χ4v) is 2.83. The van der Waals surface area contributed by atoms with Crippen LogP contribution in [0.2, 0.25) is 0 Å². The highest BCUT2D eigenvalue weighted by molar-refractivity contribution is 7.16. The summed E-state index contributed by atoms with van der Waals surface area (Å²) >= 11 is 1.38. The maximum absolute atomic E-state index is 12.3. The summed E-state index contributed by atoms with van der Waals surface area (Å²) in [4.78, 5) is 27.8. The molecule has 3 aromatic rings. The van der Waals surface area contributed by atoms with E-state index in [-0.39, 0.29) is 11.2 Å². The molecule has 0 spiro atoms. The third-order valence-electron chi connectivity index (χ3n) is 3.08. The number of aromatic nitrogens is 2. The van der Waals surface area contributed by atoms with E-state index < -0.39 is 4.92 Å². The molecule has 0 fully saturated rings. The second-order valence-corrected chi connectivity index (χ2v) is 5.37. The molecule has 2 aromatic heterocycles. The number of nitro groups is 1. The zero-order chi connectivity index (χ0) is 15.7. The van der Waals surface area contributed by atoms with Crippen LogP contribution >= 0.6 is 11.3 Å². The number of rotatable bonds is 3. The molecule has 3 rings (SSSR count). The molecule has 0 saturated heterocycles. The van der Waals surface area contributed by atoms with Gasteiger partial charge in [-0.15, -0.1) is 11.3 Å². The Hall–Kier alpha value is -2.87. The summed E-state index contributed by atoms with van der Waals surface area (Å²) in [6, 6.07) is 7.89. The molecule has 0 aliphatic heterocycles. The van der Waals surface area contributed by atoms with Gasteiger partial charge in [0.1, 0.15) is 10.7 Å². The lowest BCUT2D eigenvalue weighted by Gasteiger charge is -2.02. The molecular weight excluding hydrogens is 304 g/mol. The molecule has 0 saturated carbocycles. The SMILES string of the molecule is Cc1nc2sccc2c(=O)n1/N=C\c1ccccc1[N+](=O)[O-]. The Balaban J connectivity index is 2.11. The lowest BCUT2D eigenvalue weighted by Crippen LogP contribution is -2.19. The van der Waals surface area contributed by atoms with Crippen molar-refractivity contribution in [1.29, 1.82) is 0 Å². The highest BCUT2D eigenvalue weighted by Gasteiger charge is 2.11. The van der Waals surface area contributed by atoms with E-state index in [0.29, 0.717) is 21.6 Å². The molecule has 0 aliphatic rings. The van der Waals surface area contributed by atoms with Crippen molar-refractivity contribution in [1.82, 2.24) is 9.66 Å². The van der Waals surface area contributed by atoms with Crippen LogP contribution in [-0.4, -0.2) is 20.8 Å². The summed E-state index contributed by atoms with van der Waals surface area (Å²) in [6.07, 6.45) is 1.30. The number of nitro benzene ring substituents is 1. The van der Waals surface area contributed by atoms with Gasteiger partial charge in [0, 0.05) is 6.07 Å². The van der Waals surface area contributed by atoms with Gasteiger partial charge in [-0.1, -0.05) is 12.1 Å². The molecule has 1 aromatic carbocycles. The van der Waals surface area contributed by atoms with Crippen LogP contribution in [0.1, 0.15) is 11.4 Å². The zero-order valence-electron chi connectivity index (χ0n) is 11.5. The second-order valence-electron chi connectivity index (χ2n) is 4.48. The Kier molecular flexibility index (Phi) is 3.51. The molecule has 0 bridgehead atoms. The van der Waals surface area contributed by atoms with Gasteiger partial charge in [0.25, 0.3) is 11.2 Å². The number of thiophene rings is 1. The van der Waals surface area contributed by atoms with Crippen molar-refractivity contribution in [3.63, 3.8) is 0 Å². The first-order chi connectivity index (χ1) is 10.6. The summed E-state index contributed by atoms with van der Waals surface area (Å²) in [6.45, 7) is 1.66. The molecule has 0 atom stereocenters. The second kappa shape index (κ2) is 5.49. The molecule has 0 aliphatic carbocycles. The molecule has 0 amide bonds. The molecule has 110 valence electrons. The lowest BCUT2D eigenvalue weighted by molar-refractivity contribution is -0.385. The van der Waals surface area contributed by atoms with Gasteiger partial charge in [-0.05, 0) is 24.4 Å². The van der Waals surface area contributed by atoms with Crippen LogP contribution in [0.15, 0.2) is 45.6 Å². The third kappa shape index (κ3) is 2.40. The molecule has 0 radical (unpaired) electrons. The van der Waals surface area contributed by atoms with Crippen molar-refractivity contribution in [2.24, 2.45) is 5.10 Å². The van der Waals surface area contributed by atoms with Crippen molar-refractivity contribution >= 4 is 33.5 Å². The summed E-state index contributed by atoms with van der Waals surface area (Å²) in [5.74, 6) is 0.426. The van der Waals surface area contributed by atoms with E-state index in [0.717, 1.165) is 4.68 Å². The van der Waals surface area contributed by atoms with Gasteiger partial charge in [-0.2, -0.15) is 9.78 Å². The van der Waals surface area contributed by atoms with E-state index in [1.54, 1.807) is 36.6 Å². The number of hydrogen-bond donors (Lipinski definition) is 0. The van der Waals surface area contributed by atoms with E-state index in [4.69, 9.17) is 0 Å². The first kappa shape index (κ1) is 14.1. The van der Waals surface area contributed by atoms with Gasteiger partial charge in [0.15, 0.2) is 0 Å². The highest BCUT2D eigenvalue weighted by atomic mass is 32.1. The predicted molar refractivity (Wildman–Crippen MR) is 84.7 cm³/mol. The van der Waals surface area contributed by atoms with Crippen LogP contribution in [0.3, 0.4) is 0 Å². The molecule has 7 nitrogen and oxygen atoms in total. The van der Waals surface area contributed by atoms with Crippen LogP contribution in [0, 0.1) is 17.0 Å². The van der Waals surface area contributed by atoms with Gasteiger partial charge in [0.2, 0.25) is 0 Å². The standard InChI is InChI=1S/C14H10N4O3S/c1-9-16-13-11(6-7-22-13)14(19)17(9)15-8-10-4-2-3-5-12(10)18(20)21/h2-8H,1H3/b15-8-. The molecule has 22 heavy (non-hydrogen) atoms. The minimum atomic E-state index is -0.489. The fourth-order valence-electron chi connectivity index (χ4n) is 2.02. The Morgan fingerprint density at radius 2 is 2.14 bits per heavy atom. The summed E-state index contributed by atoms with van der Waals surface area (Å²) in [5.41, 5.74) is -0.0377. The third-order valence-corrected chi connectivity index (χ3v) is 3.89. The number of hydrogen-bond acceptors (Lipinski definition) is 6. The maximum atomic E-state index is 12.3. The van der Waals surface area contributed by atoms with Gasteiger partial charge in [-0.25, -0.2) is 4.98 Å². The Morgan fingerprint density at radius 1 is 1.36 bits per heavy atom. The summed E-state index contributed by atoms with van der Waals surface area (Å²) in [5, 5.41) is 17.3. The normalized spacial score (nSPS) is 11.3. The number of benzene rings is 1. The number of para-hydroxylation sites is 1. The molecule has 8 heteroatoms. The number of aryl methyl sites for hydroxylation is 1. The first-order valence-electron chi connectivity index (χ1n) is 6.32. The van der Waals surface area contributed by atoms with E-state index in [1.807, 2.05) is 0 Å². The largest absolute Gasteiger partial charge is 0.282 e. The topological polar surface area (TPSA) is 90.4 Å². The van der Waals surface area contributed by atoms with Crippen molar-refractivity contribution in [3.8, 4) is 0 Å². The van der Waals surface area contributed by atoms with Crippen LogP contribution in [0.4, 0.5) is 5.69 Å². The number of fused-ring (bicyclic) bond motifs is 1. The zero-order valence-corrected chi connectivity index (χ0v) is 12.3. The van der Waals surface area contributed by atoms with E-state index in [9.17, 15) is 14.9 Å². The smallest absolute Gasteiger partial charge is 0.267 e. The lowest BCUT2D eigenvalue weighted by atomic mass is 10.2. The quantitative estimate of drug-likeness (QED) is 0.422. The number of nitrogens with zero attached hydrogens (tertiary/aromatic N) is 4. The van der Waals surface area contributed by atoms with E-state index in [2.05, 4.69) is 10.1 Å². The van der Waals surface area contributed by atoms with Crippen LogP contribution < -0.4 is 5.56 Å². The maximum Gasteiger partial charge on any atom is 0.282 e. The Morgan fingerprint density at radius 3 is 2.91 bits per heavy atom. The van der Waals surface area contributed by atoms with Crippen molar-refractivity contribution in [2.75, 3.05) is 0 Å². The van der Waals surface area contributed by atoms with E-state index >= 15 is 0 Å². The first-order valence-corrected chi connectivity index (χ1v) is 7.20. The van der Waals surface area contributed by atoms with Gasteiger partial charge in [-0.3, -0.25) is 14.9 Å². The van der Waals surface area contributed by atoms with Crippen LogP contribution in [0.25, 0.3) is 10.2 Å². The van der Waals surface area contributed by atoms with Gasteiger partial charge < -0.3 is 0 Å². The van der Waals surface area contributed by atoms with Crippen LogP contribution in [-0.2, 0) is 0 Å². The fraction of sp³-hybridized carbons (Fsp3) is 0.0714. The molecule has 0 unspecified atom stereocenters. The van der Waals surface area contributed by atoms with Gasteiger partial charge in [0.05, 0.1) is 22.1 Å². The minimum absolute atomic E-state index is 0.0680. The predicted octanol–water partition coefficient (Wildman–Crippen LogP) is 2.56. The minimum Gasteiger partial charge on any atom is -0.267 e. The molecule has 2 heterocycles. The van der Waals surface area contributed by atoms with Crippen molar-refractivity contribution < 1.29 is 4.92 Å². The molecular formula is C14H10N4O3S. The van der Waals surface area contributed by atoms with E-state index in [1.165, 1.54) is 23.6 Å².